The average Bonchev–Trinajstić information content (AvgIpc) is 2.33. The molecule has 0 radical (unpaired) electrons. The van der Waals surface area contributed by atoms with E-state index < -0.39 is 10.9 Å². The van der Waals surface area contributed by atoms with E-state index in [0.29, 0.717) is 11.1 Å². The summed E-state index contributed by atoms with van der Waals surface area (Å²) in [5.74, 6) is -0.760. The standard InChI is InChI=1S/C12H11Cl2NO5/c1-7(6-15(18)19)8-2-3-9(12(14)11(8)13)20-5-4-10(16)17/h2-3,6H,4-5H2,1H3,(H,16,17)/b7-6+. The molecule has 0 amide bonds. The number of benzene rings is 1. The highest BCUT2D eigenvalue weighted by Gasteiger charge is 2.14. The first kappa shape index (κ1) is 16.3. The van der Waals surface area contributed by atoms with Gasteiger partial charge in [0.2, 0.25) is 6.20 Å². The van der Waals surface area contributed by atoms with Gasteiger partial charge in [-0.05, 0) is 19.1 Å². The third-order valence-electron chi connectivity index (χ3n) is 2.34. The van der Waals surface area contributed by atoms with Gasteiger partial charge < -0.3 is 9.84 Å². The fraction of sp³-hybridized carbons (Fsp3) is 0.250. The lowest BCUT2D eigenvalue weighted by atomic mass is 10.1. The van der Waals surface area contributed by atoms with Gasteiger partial charge in [-0.15, -0.1) is 0 Å². The minimum atomic E-state index is -0.992. The Hall–Kier alpha value is -1.79. The maximum Gasteiger partial charge on any atom is 0.306 e. The summed E-state index contributed by atoms with van der Waals surface area (Å²) in [4.78, 5) is 20.2. The van der Waals surface area contributed by atoms with Crippen molar-refractivity contribution in [3.63, 3.8) is 0 Å². The number of aliphatic carboxylic acids is 1. The van der Waals surface area contributed by atoms with Crippen molar-refractivity contribution in [2.24, 2.45) is 0 Å². The normalized spacial score (nSPS) is 11.2. The van der Waals surface area contributed by atoms with Crippen LogP contribution in [0, 0.1) is 10.1 Å². The van der Waals surface area contributed by atoms with E-state index >= 15 is 0 Å². The molecule has 0 heterocycles. The molecule has 108 valence electrons. The van der Waals surface area contributed by atoms with Crippen LogP contribution in [0.15, 0.2) is 18.3 Å². The van der Waals surface area contributed by atoms with Crippen LogP contribution in [0.5, 0.6) is 5.75 Å². The Morgan fingerprint density at radius 1 is 1.45 bits per heavy atom. The number of carboxylic acids is 1. The molecule has 0 bridgehead atoms. The zero-order valence-corrected chi connectivity index (χ0v) is 11.9. The quantitative estimate of drug-likeness (QED) is 0.640. The van der Waals surface area contributed by atoms with Crippen molar-refractivity contribution >= 4 is 34.7 Å². The van der Waals surface area contributed by atoms with Crippen LogP contribution in [0.1, 0.15) is 18.9 Å². The van der Waals surface area contributed by atoms with Gasteiger partial charge in [0.05, 0.1) is 23.0 Å². The van der Waals surface area contributed by atoms with Gasteiger partial charge in [-0.25, -0.2) is 0 Å². The summed E-state index contributed by atoms with van der Waals surface area (Å²) >= 11 is 12.0. The molecule has 1 N–H and O–H groups in total. The predicted octanol–water partition coefficient (Wildman–Crippen LogP) is 3.48. The van der Waals surface area contributed by atoms with Gasteiger partial charge >= 0.3 is 5.97 Å². The summed E-state index contributed by atoms with van der Waals surface area (Å²) in [7, 11) is 0. The summed E-state index contributed by atoms with van der Waals surface area (Å²) in [5, 5.41) is 19.1. The van der Waals surface area contributed by atoms with Crippen molar-refractivity contribution in [1.29, 1.82) is 0 Å². The molecule has 0 aliphatic heterocycles. The molecule has 1 aromatic carbocycles. The fourth-order valence-electron chi connectivity index (χ4n) is 1.42. The Labute approximate surface area is 124 Å². The Bertz CT molecular complexity index is 571. The highest BCUT2D eigenvalue weighted by atomic mass is 35.5. The highest BCUT2D eigenvalue weighted by Crippen LogP contribution is 2.37. The number of carbonyl (C=O) groups is 1. The number of ether oxygens (including phenoxy) is 1. The molecule has 0 saturated carbocycles. The van der Waals surface area contributed by atoms with Gasteiger partial charge in [-0.3, -0.25) is 14.9 Å². The van der Waals surface area contributed by atoms with E-state index in [0.717, 1.165) is 6.20 Å². The number of nitro groups is 1. The van der Waals surface area contributed by atoms with E-state index in [1.54, 1.807) is 0 Å². The van der Waals surface area contributed by atoms with Gasteiger partial charge in [0.15, 0.2) is 0 Å². The van der Waals surface area contributed by atoms with Crippen LogP contribution in [-0.2, 0) is 4.79 Å². The molecule has 0 aliphatic carbocycles. The van der Waals surface area contributed by atoms with Crippen molar-refractivity contribution in [2.45, 2.75) is 13.3 Å². The van der Waals surface area contributed by atoms with Crippen LogP contribution in [0.25, 0.3) is 5.57 Å². The topological polar surface area (TPSA) is 89.7 Å². The second-order valence-corrected chi connectivity index (χ2v) is 4.58. The van der Waals surface area contributed by atoms with Crippen molar-refractivity contribution < 1.29 is 19.6 Å². The molecule has 0 atom stereocenters. The van der Waals surface area contributed by atoms with Crippen molar-refractivity contribution in [1.82, 2.24) is 0 Å². The van der Waals surface area contributed by atoms with E-state index in [-0.39, 0.29) is 28.8 Å². The molecule has 8 heteroatoms. The highest BCUT2D eigenvalue weighted by molar-refractivity contribution is 6.44. The summed E-state index contributed by atoms with van der Waals surface area (Å²) in [6, 6.07) is 3.02. The van der Waals surface area contributed by atoms with Crippen LogP contribution >= 0.6 is 23.2 Å². The zero-order chi connectivity index (χ0) is 15.3. The van der Waals surface area contributed by atoms with Crippen LogP contribution in [-0.4, -0.2) is 22.6 Å². The van der Waals surface area contributed by atoms with Gasteiger partial charge in [0.25, 0.3) is 0 Å². The minimum absolute atomic E-state index is 0.0472. The first-order valence-electron chi connectivity index (χ1n) is 5.47. The lowest BCUT2D eigenvalue weighted by Crippen LogP contribution is -2.05. The van der Waals surface area contributed by atoms with Crippen LogP contribution in [0.3, 0.4) is 0 Å². The van der Waals surface area contributed by atoms with Gasteiger partial charge in [0.1, 0.15) is 10.8 Å². The largest absolute Gasteiger partial charge is 0.491 e. The number of halogens is 2. The zero-order valence-electron chi connectivity index (χ0n) is 10.4. The Morgan fingerprint density at radius 2 is 2.10 bits per heavy atom. The average molecular weight is 320 g/mol. The molecular weight excluding hydrogens is 309 g/mol. The second kappa shape index (κ2) is 7.12. The molecule has 0 spiro atoms. The number of hydrogen-bond donors (Lipinski definition) is 1. The maximum atomic E-state index is 10.4. The van der Waals surface area contributed by atoms with E-state index in [4.69, 9.17) is 33.0 Å². The molecule has 0 aliphatic rings. The molecule has 1 rings (SSSR count). The molecule has 0 aromatic heterocycles. The Morgan fingerprint density at radius 3 is 2.65 bits per heavy atom. The van der Waals surface area contributed by atoms with E-state index in [9.17, 15) is 14.9 Å². The molecule has 0 unspecified atom stereocenters. The number of carboxylic acid groups (broad SMARTS) is 1. The van der Waals surface area contributed by atoms with Crippen LogP contribution in [0.4, 0.5) is 0 Å². The number of allylic oxidation sites excluding steroid dienone is 1. The Balaban J connectivity index is 2.97. The third-order valence-corrected chi connectivity index (χ3v) is 3.21. The number of nitrogens with zero attached hydrogens (tertiary/aromatic N) is 1. The van der Waals surface area contributed by atoms with Crippen molar-refractivity contribution in [2.75, 3.05) is 6.61 Å². The van der Waals surface area contributed by atoms with Gasteiger partial charge in [-0.2, -0.15) is 0 Å². The summed E-state index contributed by atoms with van der Waals surface area (Å²) < 4.78 is 5.19. The molecular formula is C12H11Cl2NO5. The summed E-state index contributed by atoms with van der Waals surface area (Å²) in [6.45, 7) is 1.49. The molecule has 0 saturated heterocycles. The smallest absolute Gasteiger partial charge is 0.306 e. The number of rotatable bonds is 6. The van der Waals surface area contributed by atoms with Gasteiger partial charge in [0, 0.05) is 11.1 Å². The van der Waals surface area contributed by atoms with Crippen molar-refractivity contribution in [3.8, 4) is 5.75 Å². The van der Waals surface area contributed by atoms with E-state index in [1.807, 2.05) is 0 Å². The summed E-state index contributed by atoms with van der Waals surface area (Å²) in [6.07, 6.45) is 0.651. The monoisotopic (exact) mass is 319 g/mol. The Kier molecular flexibility index (Phi) is 5.79. The van der Waals surface area contributed by atoms with Crippen molar-refractivity contribution in [3.05, 3.63) is 44.1 Å². The minimum Gasteiger partial charge on any atom is -0.491 e. The second-order valence-electron chi connectivity index (χ2n) is 3.83. The lowest BCUT2D eigenvalue weighted by Gasteiger charge is -2.11. The van der Waals surface area contributed by atoms with Crippen LogP contribution in [0.2, 0.25) is 10.0 Å². The SMILES string of the molecule is C/C(=C\[N+](=O)[O-])c1ccc(OCCC(=O)O)c(Cl)c1Cl. The van der Waals surface area contributed by atoms with E-state index in [1.165, 1.54) is 19.1 Å². The summed E-state index contributed by atoms with van der Waals surface area (Å²) in [5.41, 5.74) is 0.762. The molecule has 0 fully saturated rings. The fourth-order valence-corrected chi connectivity index (χ4v) is 1.95. The maximum absolute atomic E-state index is 10.4. The molecule has 20 heavy (non-hydrogen) atoms. The first-order valence-corrected chi connectivity index (χ1v) is 6.23. The van der Waals surface area contributed by atoms with Crippen LogP contribution < -0.4 is 4.74 Å². The molecule has 1 aromatic rings. The van der Waals surface area contributed by atoms with Gasteiger partial charge in [-0.1, -0.05) is 23.2 Å². The third kappa shape index (κ3) is 4.40. The first-order chi connectivity index (χ1) is 9.32. The lowest BCUT2D eigenvalue weighted by molar-refractivity contribution is -0.401. The van der Waals surface area contributed by atoms with E-state index in [2.05, 4.69) is 0 Å². The number of hydrogen-bond acceptors (Lipinski definition) is 4. The predicted molar refractivity (Wildman–Crippen MR) is 74.9 cm³/mol. The molecule has 6 nitrogen and oxygen atoms in total.